The number of nitrogens with one attached hydrogen (secondary N) is 2. The number of aryl methyl sites for hydroxylation is 2. The van der Waals surface area contributed by atoms with Crippen molar-refractivity contribution in [3.05, 3.63) is 129 Å². The van der Waals surface area contributed by atoms with Gasteiger partial charge in [-0.3, -0.25) is 9.59 Å². The van der Waals surface area contributed by atoms with Crippen molar-refractivity contribution in [2.75, 3.05) is 5.32 Å². The molecule has 4 rings (SSSR count). The summed E-state index contributed by atoms with van der Waals surface area (Å²) in [6.45, 7) is 4.31. The first-order valence-corrected chi connectivity index (χ1v) is 13.1. The second-order valence-electron chi connectivity index (χ2n) is 9.67. The number of carbonyl (C=O) groups excluding carboxylic acids is 1. The fourth-order valence-corrected chi connectivity index (χ4v) is 4.36. The topological polar surface area (TPSA) is 110 Å². The number of ether oxygens (including phenoxy) is 1. The lowest BCUT2D eigenvalue weighted by Crippen LogP contribution is -2.36. The molecule has 1 aromatic heterocycles. The number of amides is 2. The molecule has 1 atom stereocenters. The first kappa shape index (κ1) is 28.2. The van der Waals surface area contributed by atoms with Gasteiger partial charge < -0.3 is 25.0 Å². The number of pyridine rings is 1. The number of carboxylic acids is 1. The monoisotopic (exact) mass is 539 g/mol. The number of urea groups is 1. The number of aromatic nitrogens is 1. The van der Waals surface area contributed by atoms with E-state index in [1.165, 1.54) is 0 Å². The van der Waals surface area contributed by atoms with E-state index in [1.54, 1.807) is 10.6 Å². The van der Waals surface area contributed by atoms with Crippen molar-refractivity contribution in [2.24, 2.45) is 0 Å². The lowest BCUT2D eigenvalue weighted by Gasteiger charge is -2.21. The molecular weight excluding hydrogens is 506 g/mol. The third kappa shape index (κ3) is 7.60. The van der Waals surface area contributed by atoms with E-state index >= 15 is 0 Å². The molecule has 0 aliphatic rings. The minimum atomic E-state index is -0.960. The first-order chi connectivity index (χ1) is 19.3. The van der Waals surface area contributed by atoms with Gasteiger partial charge in [0, 0.05) is 18.2 Å². The molecule has 0 aliphatic carbocycles. The minimum Gasteiger partial charge on any atom is -0.486 e. The van der Waals surface area contributed by atoms with E-state index in [1.807, 2.05) is 98.8 Å². The van der Waals surface area contributed by atoms with Gasteiger partial charge in [-0.25, -0.2) is 4.79 Å². The van der Waals surface area contributed by atoms with E-state index in [-0.39, 0.29) is 30.9 Å². The number of nitrogens with zero attached hydrogens (tertiary/aromatic N) is 1. The molecular formula is C32H33N3O5. The van der Waals surface area contributed by atoms with Crippen molar-refractivity contribution in [1.29, 1.82) is 0 Å². The number of hydrogen-bond acceptors (Lipinski definition) is 4. The Kier molecular flexibility index (Phi) is 9.35. The molecule has 0 spiro atoms. The van der Waals surface area contributed by atoms with Crippen molar-refractivity contribution in [3.8, 4) is 5.75 Å². The summed E-state index contributed by atoms with van der Waals surface area (Å²) >= 11 is 0. The molecule has 0 fully saturated rings. The van der Waals surface area contributed by atoms with Crippen LogP contribution in [0.4, 0.5) is 10.5 Å². The fraction of sp³-hybridized carbons (Fsp3) is 0.219. The van der Waals surface area contributed by atoms with Crippen LogP contribution in [0.5, 0.6) is 5.75 Å². The molecule has 0 saturated carbocycles. The second kappa shape index (κ2) is 13.3. The van der Waals surface area contributed by atoms with E-state index < -0.39 is 23.6 Å². The summed E-state index contributed by atoms with van der Waals surface area (Å²) in [6.07, 6.45) is 0.0635. The first-order valence-electron chi connectivity index (χ1n) is 13.1. The van der Waals surface area contributed by atoms with Gasteiger partial charge >= 0.3 is 12.0 Å². The van der Waals surface area contributed by atoms with Crippen LogP contribution in [0.2, 0.25) is 0 Å². The second-order valence-corrected chi connectivity index (χ2v) is 9.67. The van der Waals surface area contributed by atoms with E-state index in [0.717, 1.165) is 22.3 Å². The molecule has 3 N–H and O–H groups in total. The van der Waals surface area contributed by atoms with E-state index in [9.17, 15) is 19.5 Å². The molecule has 4 aromatic rings. The predicted molar refractivity (Wildman–Crippen MR) is 155 cm³/mol. The Bertz CT molecular complexity index is 1500. The van der Waals surface area contributed by atoms with Gasteiger partial charge in [-0.1, -0.05) is 90.5 Å². The average Bonchev–Trinajstić information content (AvgIpc) is 2.95. The van der Waals surface area contributed by atoms with Crippen LogP contribution in [0, 0.1) is 13.8 Å². The zero-order chi connectivity index (χ0) is 28.5. The normalized spacial score (nSPS) is 11.4. The number of hydrogen-bond donors (Lipinski definition) is 3. The fourth-order valence-electron chi connectivity index (χ4n) is 4.36. The zero-order valence-electron chi connectivity index (χ0n) is 22.6. The third-order valence-electron chi connectivity index (χ3n) is 6.56. The summed E-state index contributed by atoms with van der Waals surface area (Å²) in [5.41, 5.74) is 3.96. The van der Waals surface area contributed by atoms with Gasteiger partial charge in [0.25, 0.3) is 5.56 Å². The number of rotatable bonds is 11. The van der Waals surface area contributed by atoms with Crippen LogP contribution in [0.3, 0.4) is 0 Å². The maximum Gasteiger partial charge on any atom is 0.319 e. The van der Waals surface area contributed by atoms with Crippen LogP contribution in [-0.4, -0.2) is 21.7 Å². The average molecular weight is 540 g/mol. The molecule has 0 aliphatic heterocycles. The zero-order valence-corrected chi connectivity index (χ0v) is 22.6. The largest absolute Gasteiger partial charge is 0.486 e. The van der Waals surface area contributed by atoms with Crippen LogP contribution in [-0.2, 0) is 17.9 Å². The SMILES string of the molecule is Cc1ccc([C@H](CCC(=O)O)NC(=O)Nc2c(OCc3ccccc3)cc(C)n(Cc3ccccc3)c2=O)cc1. The standard InChI is InChI=1S/C32H33N3O5/c1-22-13-15-26(16-14-22)27(17-18-29(36)37)33-32(39)34-30-28(40-21-25-11-7-4-8-12-25)19-23(2)35(31(30)38)20-24-9-5-3-6-10-24/h3-16,19,27H,17-18,20-21H2,1-2H3,(H,36,37)(H2,33,34,39)/t27-/m0/s1. The highest BCUT2D eigenvalue weighted by molar-refractivity contribution is 5.91. The van der Waals surface area contributed by atoms with Crippen molar-refractivity contribution < 1.29 is 19.4 Å². The Balaban J connectivity index is 1.63. The maximum absolute atomic E-state index is 13.7. The van der Waals surface area contributed by atoms with Crippen molar-refractivity contribution in [1.82, 2.24) is 9.88 Å². The Morgan fingerprint density at radius 3 is 2.15 bits per heavy atom. The summed E-state index contributed by atoms with van der Waals surface area (Å²) in [5, 5.41) is 14.8. The predicted octanol–water partition coefficient (Wildman–Crippen LogP) is 5.82. The molecule has 0 unspecified atom stereocenters. The van der Waals surface area contributed by atoms with Crippen LogP contribution in [0.1, 0.15) is 46.8 Å². The highest BCUT2D eigenvalue weighted by atomic mass is 16.5. The smallest absolute Gasteiger partial charge is 0.319 e. The van der Waals surface area contributed by atoms with E-state index in [2.05, 4.69) is 10.6 Å². The Hall–Kier alpha value is -4.85. The highest BCUT2D eigenvalue weighted by Crippen LogP contribution is 2.25. The molecule has 8 nitrogen and oxygen atoms in total. The van der Waals surface area contributed by atoms with Gasteiger partial charge in [0.05, 0.1) is 12.6 Å². The van der Waals surface area contributed by atoms with Crippen LogP contribution in [0.15, 0.2) is 95.8 Å². The Labute approximate surface area is 233 Å². The number of anilines is 1. The third-order valence-corrected chi connectivity index (χ3v) is 6.56. The summed E-state index contributed by atoms with van der Waals surface area (Å²) in [4.78, 5) is 38.3. The molecule has 8 heteroatoms. The summed E-state index contributed by atoms with van der Waals surface area (Å²) in [6, 6.07) is 27.2. The summed E-state index contributed by atoms with van der Waals surface area (Å²) in [5.74, 6) is -0.707. The van der Waals surface area contributed by atoms with Gasteiger partial charge in [0.1, 0.15) is 6.61 Å². The lowest BCUT2D eigenvalue weighted by molar-refractivity contribution is -0.137. The number of carboxylic acid groups (broad SMARTS) is 1. The summed E-state index contributed by atoms with van der Waals surface area (Å²) < 4.78 is 7.62. The van der Waals surface area contributed by atoms with Gasteiger partial charge in [-0.2, -0.15) is 0 Å². The molecule has 0 saturated heterocycles. The number of aliphatic carboxylic acids is 1. The minimum absolute atomic E-state index is 0.0100. The van der Waals surface area contributed by atoms with Gasteiger partial charge in [-0.05, 0) is 37.0 Å². The summed E-state index contributed by atoms with van der Waals surface area (Å²) in [7, 11) is 0. The van der Waals surface area contributed by atoms with Crippen molar-refractivity contribution in [3.63, 3.8) is 0 Å². The highest BCUT2D eigenvalue weighted by Gasteiger charge is 2.21. The molecule has 3 aromatic carbocycles. The Morgan fingerprint density at radius 2 is 1.52 bits per heavy atom. The van der Waals surface area contributed by atoms with E-state index in [4.69, 9.17) is 4.74 Å². The van der Waals surface area contributed by atoms with Crippen molar-refractivity contribution in [2.45, 2.75) is 45.9 Å². The van der Waals surface area contributed by atoms with Gasteiger partial charge in [0.2, 0.25) is 0 Å². The molecule has 1 heterocycles. The molecule has 40 heavy (non-hydrogen) atoms. The van der Waals surface area contributed by atoms with Crippen LogP contribution in [0.25, 0.3) is 0 Å². The van der Waals surface area contributed by atoms with Gasteiger partial charge in [-0.15, -0.1) is 0 Å². The van der Waals surface area contributed by atoms with Crippen molar-refractivity contribution >= 4 is 17.7 Å². The van der Waals surface area contributed by atoms with Crippen LogP contribution < -0.4 is 20.9 Å². The molecule has 206 valence electrons. The van der Waals surface area contributed by atoms with Gasteiger partial charge in [0.15, 0.2) is 11.4 Å². The quantitative estimate of drug-likeness (QED) is 0.223. The number of carbonyl (C=O) groups is 2. The molecule has 0 radical (unpaired) electrons. The van der Waals surface area contributed by atoms with Crippen LogP contribution >= 0.6 is 0 Å². The molecule has 0 bridgehead atoms. The van der Waals surface area contributed by atoms with E-state index in [0.29, 0.717) is 12.2 Å². The Morgan fingerprint density at radius 1 is 0.900 bits per heavy atom. The molecule has 2 amide bonds. The lowest BCUT2D eigenvalue weighted by atomic mass is 10.0. The number of benzene rings is 3. The maximum atomic E-state index is 13.7.